The highest BCUT2D eigenvalue weighted by Gasteiger charge is 1.91. The van der Waals surface area contributed by atoms with Crippen LogP contribution in [0.15, 0.2) is 24.3 Å². The van der Waals surface area contributed by atoms with Crippen LogP contribution < -0.4 is 5.11 Å². The first-order chi connectivity index (χ1) is 5.24. The number of aromatic carboxylic acids is 1. The minimum Gasteiger partial charge on any atom is -0.545 e. The van der Waals surface area contributed by atoms with Gasteiger partial charge in [-0.25, -0.2) is 0 Å². The fourth-order valence-corrected chi connectivity index (χ4v) is 0.877. The topological polar surface area (TPSA) is 40.1 Å². The van der Waals surface area contributed by atoms with E-state index in [1.54, 1.807) is 24.3 Å². The number of aryl methyl sites for hydroxylation is 1. The maximum atomic E-state index is 10.3. The molecule has 0 N–H and O–H groups in total. The first kappa shape index (κ1) is 7.79. The third-order valence-electron chi connectivity index (χ3n) is 1.60. The van der Waals surface area contributed by atoms with Crippen molar-refractivity contribution in [2.75, 3.05) is 0 Å². The van der Waals surface area contributed by atoms with Gasteiger partial charge >= 0.3 is 0 Å². The number of rotatable bonds is 2. The summed E-state index contributed by atoms with van der Waals surface area (Å²) in [5.74, 6) is -1.12. The van der Waals surface area contributed by atoms with E-state index >= 15 is 0 Å². The molecule has 0 fully saturated rings. The van der Waals surface area contributed by atoms with Crippen LogP contribution in [-0.4, -0.2) is 5.97 Å². The number of carboxylic acid groups (broad SMARTS) is 1. The van der Waals surface area contributed by atoms with Crippen LogP contribution >= 0.6 is 0 Å². The smallest absolute Gasteiger partial charge is 0.0715 e. The summed E-state index contributed by atoms with van der Waals surface area (Å²) in [6, 6.07) is 6.72. The average molecular weight is 149 g/mol. The minimum absolute atomic E-state index is 0.238. The standard InChI is InChI=1S/C9H10O2/c1-2-7-3-5-8(6-4-7)9(10)11/h3-6H,2H2,1H3,(H,10,11)/p-1. The minimum atomic E-state index is -1.12. The molecule has 2 nitrogen and oxygen atoms in total. The number of carboxylic acids is 1. The lowest BCUT2D eigenvalue weighted by Crippen LogP contribution is -2.21. The first-order valence-corrected chi connectivity index (χ1v) is 3.54. The van der Waals surface area contributed by atoms with Crippen LogP contribution in [0, 0.1) is 0 Å². The predicted molar refractivity (Wildman–Crippen MR) is 40.2 cm³/mol. The monoisotopic (exact) mass is 149 g/mol. The fourth-order valence-electron chi connectivity index (χ4n) is 0.877. The summed E-state index contributed by atoms with van der Waals surface area (Å²) < 4.78 is 0. The van der Waals surface area contributed by atoms with Gasteiger partial charge in [0.25, 0.3) is 0 Å². The van der Waals surface area contributed by atoms with E-state index in [-0.39, 0.29) is 5.56 Å². The molecule has 0 saturated heterocycles. The molecule has 0 atom stereocenters. The van der Waals surface area contributed by atoms with E-state index in [2.05, 4.69) is 0 Å². The van der Waals surface area contributed by atoms with Crippen molar-refractivity contribution in [1.29, 1.82) is 0 Å². The Morgan fingerprint density at radius 2 is 1.91 bits per heavy atom. The van der Waals surface area contributed by atoms with Crippen LogP contribution in [0.4, 0.5) is 0 Å². The summed E-state index contributed by atoms with van der Waals surface area (Å²) in [5.41, 5.74) is 1.37. The molecule has 0 aliphatic rings. The number of hydrogen-bond acceptors (Lipinski definition) is 2. The van der Waals surface area contributed by atoms with E-state index in [1.165, 1.54) is 0 Å². The Labute approximate surface area is 65.5 Å². The summed E-state index contributed by atoms with van der Waals surface area (Å²) in [6.45, 7) is 2.02. The summed E-state index contributed by atoms with van der Waals surface area (Å²) in [6.07, 6.45) is 0.924. The average Bonchev–Trinajstić information content (AvgIpc) is 2.05. The molecular formula is C9H9O2-. The lowest BCUT2D eigenvalue weighted by atomic mass is 10.1. The molecule has 11 heavy (non-hydrogen) atoms. The summed E-state index contributed by atoms with van der Waals surface area (Å²) >= 11 is 0. The van der Waals surface area contributed by atoms with Crippen molar-refractivity contribution in [3.63, 3.8) is 0 Å². The van der Waals surface area contributed by atoms with Gasteiger partial charge in [-0.1, -0.05) is 31.2 Å². The molecule has 0 saturated carbocycles. The highest BCUT2D eigenvalue weighted by Crippen LogP contribution is 2.03. The third kappa shape index (κ3) is 1.80. The van der Waals surface area contributed by atoms with Gasteiger partial charge < -0.3 is 9.90 Å². The Bertz CT molecular complexity index is 249. The Hall–Kier alpha value is -1.31. The van der Waals surface area contributed by atoms with Gasteiger partial charge in [-0.2, -0.15) is 0 Å². The van der Waals surface area contributed by atoms with E-state index in [4.69, 9.17) is 0 Å². The number of carbonyl (C=O) groups is 1. The largest absolute Gasteiger partial charge is 0.545 e. The Balaban J connectivity index is 2.91. The van der Waals surface area contributed by atoms with Crippen molar-refractivity contribution >= 4 is 5.97 Å². The molecule has 0 amide bonds. The van der Waals surface area contributed by atoms with Crippen molar-refractivity contribution in [2.24, 2.45) is 0 Å². The Morgan fingerprint density at radius 1 is 1.36 bits per heavy atom. The highest BCUT2D eigenvalue weighted by molar-refractivity contribution is 5.85. The molecule has 1 aromatic rings. The molecule has 1 aromatic carbocycles. The second-order valence-corrected chi connectivity index (χ2v) is 2.34. The zero-order valence-corrected chi connectivity index (χ0v) is 6.33. The van der Waals surface area contributed by atoms with Gasteiger partial charge in [0.1, 0.15) is 0 Å². The molecule has 0 aliphatic carbocycles. The molecular weight excluding hydrogens is 140 g/mol. The van der Waals surface area contributed by atoms with Gasteiger partial charge in [-0.3, -0.25) is 0 Å². The maximum Gasteiger partial charge on any atom is 0.0715 e. The van der Waals surface area contributed by atoms with Gasteiger partial charge in [-0.05, 0) is 17.5 Å². The Kier molecular flexibility index (Phi) is 2.26. The van der Waals surface area contributed by atoms with Crippen molar-refractivity contribution < 1.29 is 9.90 Å². The molecule has 2 heteroatoms. The van der Waals surface area contributed by atoms with Gasteiger partial charge in [0, 0.05) is 0 Å². The van der Waals surface area contributed by atoms with E-state index in [0.717, 1.165) is 12.0 Å². The SMILES string of the molecule is CCc1ccc(C(=O)[O-])cc1. The first-order valence-electron chi connectivity index (χ1n) is 3.54. The van der Waals surface area contributed by atoms with Crippen LogP contribution in [0.2, 0.25) is 0 Å². The van der Waals surface area contributed by atoms with Crippen molar-refractivity contribution in [2.45, 2.75) is 13.3 Å². The molecule has 0 spiro atoms. The zero-order chi connectivity index (χ0) is 8.27. The summed E-state index contributed by atoms with van der Waals surface area (Å²) in [5, 5.41) is 10.3. The van der Waals surface area contributed by atoms with Crippen LogP contribution in [0.3, 0.4) is 0 Å². The van der Waals surface area contributed by atoms with E-state index in [0.29, 0.717) is 0 Å². The normalized spacial score (nSPS) is 9.55. The second kappa shape index (κ2) is 3.19. The molecule has 0 aromatic heterocycles. The highest BCUT2D eigenvalue weighted by atomic mass is 16.4. The molecule has 0 heterocycles. The van der Waals surface area contributed by atoms with Gasteiger partial charge in [0.05, 0.1) is 5.97 Å². The van der Waals surface area contributed by atoms with Crippen molar-refractivity contribution in [3.05, 3.63) is 35.4 Å². The Morgan fingerprint density at radius 3 is 2.27 bits per heavy atom. The van der Waals surface area contributed by atoms with E-state index < -0.39 is 5.97 Å². The van der Waals surface area contributed by atoms with Crippen molar-refractivity contribution in [3.8, 4) is 0 Å². The second-order valence-electron chi connectivity index (χ2n) is 2.34. The van der Waals surface area contributed by atoms with Crippen molar-refractivity contribution in [1.82, 2.24) is 0 Å². The summed E-state index contributed by atoms with van der Waals surface area (Å²) in [4.78, 5) is 10.3. The molecule has 1 rings (SSSR count). The number of benzene rings is 1. The molecule has 0 unspecified atom stereocenters. The lowest BCUT2D eigenvalue weighted by Gasteiger charge is -2.01. The lowest BCUT2D eigenvalue weighted by molar-refractivity contribution is -0.255. The van der Waals surface area contributed by atoms with Crippen LogP contribution in [0.1, 0.15) is 22.8 Å². The molecule has 0 bridgehead atoms. The quantitative estimate of drug-likeness (QED) is 0.618. The van der Waals surface area contributed by atoms with Crippen LogP contribution in [-0.2, 0) is 6.42 Å². The molecule has 58 valence electrons. The van der Waals surface area contributed by atoms with Gasteiger partial charge in [-0.15, -0.1) is 0 Å². The van der Waals surface area contributed by atoms with Crippen LogP contribution in [0.25, 0.3) is 0 Å². The number of carbonyl (C=O) groups excluding carboxylic acids is 1. The van der Waals surface area contributed by atoms with Crippen LogP contribution in [0.5, 0.6) is 0 Å². The van der Waals surface area contributed by atoms with Gasteiger partial charge in [0.15, 0.2) is 0 Å². The fraction of sp³-hybridized carbons (Fsp3) is 0.222. The predicted octanol–water partition coefficient (Wildman–Crippen LogP) is 0.612. The molecule has 0 aliphatic heterocycles. The van der Waals surface area contributed by atoms with E-state index in [9.17, 15) is 9.90 Å². The maximum absolute atomic E-state index is 10.3. The summed E-state index contributed by atoms with van der Waals surface area (Å²) in [7, 11) is 0. The van der Waals surface area contributed by atoms with E-state index in [1.807, 2.05) is 6.92 Å². The zero-order valence-electron chi connectivity index (χ0n) is 6.33. The molecule has 0 radical (unpaired) electrons. The third-order valence-corrected chi connectivity index (χ3v) is 1.60. The van der Waals surface area contributed by atoms with Gasteiger partial charge in [0.2, 0.25) is 0 Å². The number of hydrogen-bond donors (Lipinski definition) is 0.